The van der Waals surface area contributed by atoms with Crippen LogP contribution in [0.3, 0.4) is 0 Å². The average Bonchev–Trinajstić information content (AvgIpc) is 2.43. The molecule has 1 aliphatic rings. The molecule has 0 atom stereocenters. The van der Waals surface area contributed by atoms with Crippen LogP contribution in [0.1, 0.15) is 38.2 Å². The molecule has 1 heterocycles. The average molecular weight is 272 g/mol. The van der Waals surface area contributed by atoms with Crippen LogP contribution in [0.2, 0.25) is 0 Å². The number of fused-ring (bicyclic) bond motifs is 1. The van der Waals surface area contributed by atoms with Gasteiger partial charge in [-0.15, -0.1) is 0 Å². The second-order valence-corrected chi connectivity index (χ2v) is 5.87. The minimum absolute atomic E-state index is 0.114. The fourth-order valence-electron chi connectivity index (χ4n) is 2.85. The highest BCUT2D eigenvalue weighted by Gasteiger charge is 2.20. The Bertz CT molecular complexity index is 670. The van der Waals surface area contributed by atoms with Gasteiger partial charge in [0.15, 0.2) is 0 Å². The van der Waals surface area contributed by atoms with Crippen LogP contribution in [-0.2, 0) is 0 Å². The largest absolute Gasteiger partial charge is 0.490 e. The highest BCUT2D eigenvalue weighted by molar-refractivity contribution is 5.80. The van der Waals surface area contributed by atoms with Crippen molar-refractivity contribution in [2.24, 2.45) is 5.92 Å². The lowest BCUT2D eigenvalue weighted by Crippen LogP contribution is -2.23. The van der Waals surface area contributed by atoms with Crippen molar-refractivity contribution in [3.8, 4) is 5.75 Å². The quantitative estimate of drug-likeness (QED) is 0.913. The van der Waals surface area contributed by atoms with Crippen LogP contribution in [0.5, 0.6) is 5.75 Å². The third-order valence-electron chi connectivity index (χ3n) is 4.19. The van der Waals surface area contributed by atoms with E-state index < -0.39 is 0 Å². The van der Waals surface area contributed by atoms with Crippen molar-refractivity contribution in [1.82, 2.24) is 9.97 Å². The minimum atomic E-state index is -0.114. The molecule has 1 fully saturated rings. The van der Waals surface area contributed by atoms with Gasteiger partial charge in [0, 0.05) is 0 Å². The number of hydrogen-bond donors (Lipinski definition) is 1. The molecule has 1 aliphatic carbocycles. The van der Waals surface area contributed by atoms with E-state index in [0.29, 0.717) is 5.39 Å². The lowest BCUT2D eigenvalue weighted by atomic mass is 9.89. The topological polar surface area (TPSA) is 55.0 Å². The summed E-state index contributed by atoms with van der Waals surface area (Å²) < 4.78 is 6.12. The number of aromatic amines is 1. The number of hydrogen-bond acceptors (Lipinski definition) is 3. The van der Waals surface area contributed by atoms with Crippen molar-refractivity contribution < 1.29 is 4.74 Å². The Hall–Kier alpha value is -1.84. The zero-order valence-electron chi connectivity index (χ0n) is 12.0. The SMILES string of the molecule is Cc1cc2nc[nH]c(=O)c2cc1OC1CCC(C)CC1. The van der Waals surface area contributed by atoms with Crippen LogP contribution in [0.15, 0.2) is 23.3 Å². The van der Waals surface area contributed by atoms with E-state index in [1.165, 1.54) is 19.2 Å². The number of ether oxygens (including phenoxy) is 1. The Morgan fingerprint density at radius 3 is 2.75 bits per heavy atom. The van der Waals surface area contributed by atoms with Crippen LogP contribution < -0.4 is 10.3 Å². The maximum absolute atomic E-state index is 11.8. The molecule has 0 bridgehead atoms. The molecule has 4 heteroatoms. The number of H-pyrrole nitrogens is 1. The normalized spacial score (nSPS) is 22.9. The Morgan fingerprint density at radius 1 is 1.25 bits per heavy atom. The van der Waals surface area contributed by atoms with Crippen molar-refractivity contribution >= 4 is 10.9 Å². The highest BCUT2D eigenvalue weighted by Crippen LogP contribution is 2.29. The molecule has 1 N–H and O–H groups in total. The van der Waals surface area contributed by atoms with Crippen LogP contribution in [-0.4, -0.2) is 16.1 Å². The third kappa shape index (κ3) is 2.55. The molecule has 106 valence electrons. The first-order valence-corrected chi connectivity index (χ1v) is 7.28. The van der Waals surface area contributed by atoms with Gasteiger partial charge in [0.2, 0.25) is 0 Å². The molecule has 0 amide bonds. The zero-order chi connectivity index (χ0) is 14.1. The zero-order valence-corrected chi connectivity index (χ0v) is 12.0. The predicted molar refractivity (Wildman–Crippen MR) is 79.1 cm³/mol. The number of rotatable bonds is 2. The molecule has 0 saturated heterocycles. The summed E-state index contributed by atoms with van der Waals surface area (Å²) in [6, 6.07) is 3.75. The van der Waals surface area contributed by atoms with Crippen molar-refractivity contribution in [2.45, 2.75) is 45.6 Å². The molecular weight excluding hydrogens is 252 g/mol. The lowest BCUT2D eigenvalue weighted by Gasteiger charge is -2.27. The standard InChI is InChI=1S/C16H20N2O2/c1-10-3-5-12(6-4-10)20-15-8-13-14(7-11(15)2)17-9-18-16(13)19/h7-10,12H,3-6H2,1-2H3,(H,17,18,19). The fourth-order valence-corrected chi connectivity index (χ4v) is 2.85. The first kappa shape index (κ1) is 13.2. The summed E-state index contributed by atoms with van der Waals surface area (Å²) in [6.07, 6.45) is 6.36. The molecule has 3 rings (SSSR count). The molecule has 4 nitrogen and oxygen atoms in total. The monoisotopic (exact) mass is 272 g/mol. The van der Waals surface area contributed by atoms with Crippen LogP contribution in [0.25, 0.3) is 10.9 Å². The van der Waals surface area contributed by atoms with Gasteiger partial charge in [-0.1, -0.05) is 6.92 Å². The van der Waals surface area contributed by atoms with Gasteiger partial charge in [-0.2, -0.15) is 0 Å². The van der Waals surface area contributed by atoms with Gasteiger partial charge in [0.25, 0.3) is 5.56 Å². The summed E-state index contributed by atoms with van der Waals surface area (Å²) in [4.78, 5) is 18.6. The predicted octanol–water partition coefficient (Wildman–Crippen LogP) is 3.19. The van der Waals surface area contributed by atoms with E-state index in [0.717, 1.165) is 35.6 Å². The highest BCUT2D eigenvalue weighted by atomic mass is 16.5. The minimum Gasteiger partial charge on any atom is -0.490 e. The summed E-state index contributed by atoms with van der Waals surface area (Å²) in [7, 11) is 0. The van der Waals surface area contributed by atoms with E-state index in [-0.39, 0.29) is 11.7 Å². The van der Waals surface area contributed by atoms with Crippen LogP contribution in [0, 0.1) is 12.8 Å². The van der Waals surface area contributed by atoms with Crippen LogP contribution in [0.4, 0.5) is 0 Å². The first-order chi connectivity index (χ1) is 9.63. The smallest absolute Gasteiger partial charge is 0.258 e. The van der Waals surface area contributed by atoms with Gasteiger partial charge in [-0.25, -0.2) is 4.98 Å². The van der Waals surface area contributed by atoms with E-state index in [2.05, 4.69) is 16.9 Å². The van der Waals surface area contributed by atoms with Gasteiger partial charge in [-0.3, -0.25) is 4.79 Å². The van der Waals surface area contributed by atoms with E-state index in [9.17, 15) is 4.79 Å². The molecule has 0 unspecified atom stereocenters. The summed E-state index contributed by atoms with van der Waals surface area (Å²) >= 11 is 0. The summed E-state index contributed by atoms with van der Waals surface area (Å²) in [5.41, 5.74) is 1.64. The Kier molecular flexibility index (Phi) is 3.47. The first-order valence-electron chi connectivity index (χ1n) is 7.28. The van der Waals surface area contributed by atoms with Crippen molar-refractivity contribution in [3.63, 3.8) is 0 Å². The number of aryl methyl sites for hydroxylation is 1. The van der Waals surface area contributed by atoms with E-state index in [1.807, 2.05) is 19.1 Å². The number of aromatic nitrogens is 2. The van der Waals surface area contributed by atoms with Gasteiger partial charge in [0.05, 0.1) is 23.3 Å². The molecule has 0 spiro atoms. The second kappa shape index (κ2) is 5.27. The molecule has 1 saturated carbocycles. The fraction of sp³-hybridized carbons (Fsp3) is 0.500. The summed E-state index contributed by atoms with van der Waals surface area (Å²) in [5.74, 6) is 1.62. The van der Waals surface area contributed by atoms with Crippen molar-refractivity contribution in [2.75, 3.05) is 0 Å². The molecule has 20 heavy (non-hydrogen) atoms. The second-order valence-electron chi connectivity index (χ2n) is 5.87. The molecule has 1 aromatic heterocycles. The lowest BCUT2D eigenvalue weighted by molar-refractivity contribution is 0.135. The number of nitrogens with one attached hydrogen (secondary N) is 1. The molecule has 2 aromatic rings. The van der Waals surface area contributed by atoms with Crippen molar-refractivity contribution in [3.05, 3.63) is 34.4 Å². The maximum Gasteiger partial charge on any atom is 0.258 e. The van der Waals surface area contributed by atoms with Crippen LogP contribution >= 0.6 is 0 Å². The molecule has 0 radical (unpaired) electrons. The Labute approximate surface area is 118 Å². The number of benzene rings is 1. The summed E-state index contributed by atoms with van der Waals surface area (Å²) in [6.45, 7) is 4.30. The molecular formula is C16H20N2O2. The molecule has 1 aromatic carbocycles. The van der Waals surface area contributed by atoms with Gasteiger partial charge < -0.3 is 9.72 Å². The maximum atomic E-state index is 11.8. The summed E-state index contributed by atoms with van der Waals surface area (Å²) in [5, 5.41) is 0.595. The van der Waals surface area contributed by atoms with Crippen molar-refractivity contribution in [1.29, 1.82) is 0 Å². The Balaban J connectivity index is 1.89. The van der Waals surface area contributed by atoms with Gasteiger partial charge in [0.1, 0.15) is 5.75 Å². The number of nitrogens with zero attached hydrogens (tertiary/aromatic N) is 1. The Morgan fingerprint density at radius 2 is 2.00 bits per heavy atom. The molecule has 0 aliphatic heterocycles. The van der Waals surface area contributed by atoms with E-state index in [4.69, 9.17) is 4.74 Å². The van der Waals surface area contributed by atoms with Gasteiger partial charge >= 0.3 is 0 Å². The van der Waals surface area contributed by atoms with E-state index >= 15 is 0 Å². The third-order valence-corrected chi connectivity index (χ3v) is 4.19. The van der Waals surface area contributed by atoms with Gasteiger partial charge in [-0.05, 0) is 56.2 Å². The van der Waals surface area contributed by atoms with E-state index in [1.54, 1.807) is 0 Å².